The molecule has 0 aliphatic carbocycles. The van der Waals surface area contributed by atoms with E-state index in [4.69, 9.17) is 15.6 Å². The number of hydrogen-bond acceptors (Lipinski definition) is 4. The number of rotatable bonds is 5. The molecule has 4 N–H and O–H groups in total. The third-order valence-corrected chi connectivity index (χ3v) is 2.04. The molecular weight excluding hydrogens is 260 g/mol. The number of nitrogens with two attached hydrogens (primary N) is 1. The molecular formula is C11H15ClN2O4. The Bertz CT molecular complexity index is 386. The summed E-state index contributed by atoms with van der Waals surface area (Å²) < 4.78 is 4.84. The molecule has 0 aliphatic heterocycles. The van der Waals surface area contributed by atoms with E-state index in [1.165, 1.54) is 0 Å². The maximum absolute atomic E-state index is 11.2. The summed E-state index contributed by atoms with van der Waals surface area (Å²) in [5.74, 6) is -1.19. The van der Waals surface area contributed by atoms with Crippen LogP contribution in [0.2, 0.25) is 0 Å². The molecule has 1 amide bonds. The van der Waals surface area contributed by atoms with Gasteiger partial charge < -0.3 is 20.9 Å². The smallest absolute Gasteiger partial charge is 0.408 e. The van der Waals surface area contributed by atoms with Gasteiger partial charge in [-0.15, -0.1) is 12.4 Å². The number of ether oxygens (including phenoxy) is 1. The molecule has 1 aromatic carbocycles. The average Bonchev–Trinajstić information content (AvgIpc) is 2.34. The van der Waals surface area contributed by atoms with Gasteiger partial charge in [0.05, 0.1) is 0 Å². The van der Waals surface area contributed by atoms with Crippen molar-refractivity contribution >= 4 is 24.5 Å². The van der Waals surface area contributed by atoms with Gasteiger partial charge in [-0.3, -0.25) is 0 Å². The lowest BCUT2D eigenvalue weighted by atomic mass is 10.2. The number of carboxylic acid groups (broad SMARTS) is 1. The first-order chi connectivity index (χ1) is 8.13. The van der Waals surface area contributed by atoms with E-state index in [-0.39, 0.29) is 25.6 Å². The Morgan fingerprint density at radius 2 is 1.94 bits per heavy atom. The minimum Gasteiger partial charge on any atom is -0.480 e. The molecule has 0 radical (unpaired) electrons. The van der Waals surface area contributed by atoms with Crippen molar-refractivity contribution in [1.29, 1.82) is 0 Å². The van der Waals surface area contributed by atoms with E-state index in [0.29, 0.717) is 0 Å². The highest BCUT2D eigenvalue weighted by Crippen LogP contribution is 2.00. The molecule has 0 unspecified atom stereocenters. The molecule has 0 saturated carbocycles. The number of carbonyl (C=O) groups is 2. The Morgan fingerprint density at radius 3 is 2.44 bits per heavy atom. The maximum atomic E-state index is 11.2. The van der Waals surface area contributed by atoms with Gasteiger partial charge in [-0.05, 0) is 5.56 Å². The molecule has 0 spiro atoms. The van der Waals surface area contributed by atoms with Crippen molar-refractivity contribution in [3.05, 3.63) is 35.9 Å². The van der Waals surface area contributed by atoms with E-state index < -0.39 is 18.1 Å². The summed E-state index contributed by atoms with van der Waals surface area (Å²) in [4.78, 5) is 21.8. The number of carbonyl (C=O) groups excluding carboxylic acids is 1. The van der Waals surface area contributed by atoms with Crippen molar-refractivity contribution in [1.82, 2.24) is 5.32 Å². The fraction of sp³-hybridized carbons (Fsp3) is 0.273. The molecule has 0 saturated heterocycles. The first kappa shape index (κ1) is 16.2. The molecule has 6 nitrogen and oxygen atoms in total. The molecule has 0 heterocycles. The van der Waals surface area contributed by atoms with Crippen molar-refractivity contribution in [2.75, 3.05) is 6.54 Å². The second kappa shape index (κ2) is 8.32. The topological polar surface area (TPSA) is 102 Å². The molecule has 100 valence electrons. The fourth-order valence-electron chi connectivity index (χ4n) is 1.13. The zero-order valence-electron chi connectivity index (χ0n) is 9.54. The highest BCUT2D eigenvalue weighted by molar-refractivity contribution is 5.85. The molecule has 1 rings (SSSR count). The predicted molar refractivity (Wildman–Crippen MR) is 67.5 cm³/mol. The molecule has 7 heteroatoms. The van der Waals surface area contributed by atoms with E-state index in [1.807, 2.05) is 18.2 Å². The summed E-state index contributed by atoms with van der Waals surface area (Å²) >= 11 is 0. The summed E-state index contributed by atoms with van der Waals surface area (Å²) in [6, 6.07) is 7.94. The molecule has 18 heavy (non-hydrogen) atoms. The van der Waals surface area contributed by atoms with Crippen molar-refractivity contribution < 1.29 is 19.4 Å². The van der Waals surface area contributed by atoms with Crippen LogP contribution >= 0.6 is 12.4 Å². The molecule has 1 atom stereocenters. The molecule has 0 aliphatic rings. The van der Waals surface area contributed by atoms with Gasteiger partial charge in [0.15, 0.2) is 0 Å². The molecule has 0 fully saturated rings. The minimum atomic E-state index is -1.19. The van der Waals surface area contributed by atoms with Crippen LogP contribution in [0.4, 0.5) is 4.79 Å². The SMILES string of the molecule is Cl.NC[C@H](NC(=O)OCc1ccccc1)C(=O)O. The summed E-state index contributed by atoms with van der Waals surface area (Å²) in [5.41, 5.74) is 6.00. The Hall–Kier alpha value is -1.79. The largest absolute Gasteiger partial charge is 0.480 e. The summed E-state index contributed by atoms with van der Waals surface area (Å²) in [7, 11) is 0. The quantitative estimate of drug-likeness (QED) is 0.735. The van der Waals surface area contributed by atoms with Crippen LogP contribution in [0.15, 0.2) is 30.3 Å². The number of amides is 1. The van der Waals surface area contributed by atoms with Crippen molar-refractivity contribution in [2.45, 2.75) is 12.6 Å². The van der Waals surface area contributed by atoms with Crippen LogP contribution in [0.3, 0.4) is 0 Å². The van der Waals surface area contributed by atoms with E-state index in [2.05, 4.69) is 5.32 Å². The summed E-state index contributed by atoms with van der Waals surface area (Å²) in [5, 5.41) is 10.8. The van der Waals surface area contributed by atoms with Gasteiger partial charge in [0.2, 0.25) is 0 Å². The minimum absolute atomic E-state index is 0. The van der Waals surface area contributed by atoms with Crippen LogP contribution < -0.4 is 11.1 Å². The second-order valence-corrected chi connectivity index (χ2v) is 3.33. The van der Waals surface area contributed by atoms with Crippen LogP contribution in [0.1, 0.15) is 5.56 Å². The fourth-order valence-corrected chi connectivity index (χ4v) is 1.13. The first-order valence-electron chi connectivity index (χ1n) is 5.03. The summed E-state index contributed by atoms with van der Waals surface area (Å²) in [6.45, 7) is -0.0979. The zero-order chi connectivity index (χ0) is 12.7. The molecule has 0 aromatic heterocycles. The van der Waals surface area contributed by atoms with E-state index in [1.54, 1.807) is 12.1 Å². The first-order valence-corrected chi connectivity index (χ1v) is 5.03. The number of alkyl carbamates (subject to hydrolysis) is 1. The lowest BCUT2D eigenvalue weighted by Gasteiger charge is -2.12. The van der Waals surface area contributed by atoms with Gasteiger partial charge >= 0.3 is 12.1 Å². The third-order valence-electron chi connectivity index (χ3n) is 2.04. The second-order valence-electron chi connectivity index (χ2n) is 3.33. The van der Waals surface area contributed by atoms with Crippen molar-refractivity contribution in [3.8, 4) is 0 Å². The number of carboxylic acids is 1. The maximum Gasteiger partial charge on any atom is 0.408 e. The highest BCUT2D eigenvalue weighted by Gasteiger charge is 2.18. The van der Waals surface area contributed by atoms with Crippen LogP contribution in [0.25, 0.3) is 0 Å². The van der Waals surface area contributed by atoms with Crippen molar-refractivity contribution in [2.24, 2.45) is 5.73 Å². The molecule has 1 aromatic rings. The standard InChI is InChI=1S/C11H14N2O4.ClH/c12-6-9(10(14)15)13-11(16)17-7-8-4-2-1-3-5-8;/h1-5,9H,6-7,12H2,(H,13,16)(H,14,15);1H/t9-;/m0./s1. The Labute approximate surface area is 111 Å². The van der Waals surface area contributed by atoms with Crippen LogP contribution in [-0.4, -0.2) is 29.8 Å². The number of benzene rings is 1. The van der Waals surface area contributed by atoms with Gasteiger partial charge in [-0.2, -0.15) is 0 Å². The normalized spacial score (nSPS) is 10.9. The van der Waals surface area contributed by atoms with Crippen LogP contribution in [0.5, 0.6) is 0 Å². The number of halogens is 1. The van der Waals surface area contributed by atoms with Gasteiger partial charge in [0.25, 0.3) is 0 Å². The Balaban J connectivity index is 0.00000289. The predicted octanol–water partition coefficient (Wildman–Crippen LogP) is 0.746. The van der Waals surface area contributed by atoms with Gasteiger partial charge in [0, 0.05) is 6.54 Å². The summed E-state index contributed by atoms with van der Waals surface area (Å²) in [6.07, 6.45) is -0.799. The van der Waals surface area contributed by atoms with Crippen molar-refractivity contribution in [3.63, 3.8) is 0 Å². The lowest BCUT2D eigenvalue weighted by molar-refractivity contribution is -0.139. The third kappa shape index (κ3) is 5.51. The van der Waals surface area contributed by atoms with Gasteiger partial charge in [-0.1, -0.05) is 30.3 Å². The van der Waals surface area contributed by atoms with Gasteiger partial charge in [0.1, 0.15) is 12.6 Å². The Kier molecular flexibility index (Phi) is 7.50. The van der Waals surface area contributed by atoms with Crippen LogP contribution in [-0.2, 0) is 16.1 Å². The zero-order valence-corrected chi connectivity index (χ0v) is 10.4. The number of hydrogen-bond donors (Lipinski definition) is 3. The van der Waals surface area contributed by atoms with Gasteiger partial charge in [-0.25, -0.2) is 9.59 Å². The van der Waals surface area contributed by atoms with E-state index in [0.717, 1.165) is 5.56 Å². The average molecular weight is 275 g/mol. The highest BCUT2D eigenvalue weighted by atomic mass is 35.5. The number of aliphatic carboxylic acids is 1. The number of nitrogens with one attached hydrogen (secondary N) is 1. The monoisotopic (exact) mass is 274 g/mol. The van der Waals surface area contributed by atoms with E-state index >= 15 is 0 Å². The Morgan fingerprint density at radius 1 is 1.33 bits per heavy atom. The lowest BCUT2D eigenvalue weighted by Crippen LogP contribution is -2.45. The van der Waals surface area contributed by atoms with Crippen LogP contribution in [0, 0.1) is 0 Å². The van der Waals surface area contributed by atoms with E-state index in [9.17, 15) is 9.59 Å². The molecule has 0 bridgehead atoms.